The van der Waals surface area contributed by atoms with E-state index in [-0.39, 0.29) is 29.9 Å². The van der Waals surface area contributed by atoms with E-state index in [0.717, 1.165) is 22.0 Å². The van der Waals surface area contributed by atoms with Crippen LogP contribution in [0.2, 0.25) is 10.0 Å². The van der Waals surface area contributed by atoms with E-state index in [9.17, 15) is 9.59 Å². The van der Waals surface area contributed by atoms with Crippen molar-refractivity contribution in [3.63, 3.8) is 0 Å². The maximum absolute atomic E-state index is 14.5. The van der Waals surface area contributed by atoms with Crippen molar-refractivity contribution in [2.24, 2.45) is 10.9 Å². The van der Waals surface area contributed by atoms with Crippen molar-refractivity contribution >= 4 is 51.9 Å². The quantitative estimate of drug-likeness (QED) is 0.402. The van der Waals surface area contributed by atoms with Gasteiger partial charge in [0, 0.05) is 48.9 Å². The van der Waals surface area contributed by atoms with Crippen LogP contribution in [0.25, 0.3) is 0 Å². The zero-order chi connectivity index (χ0) is 30.5. The van der Waals surface area contributed by atoms with Gasteiger partial charge in [0.05, 0.1) is 25.4 Å². The Morgan fingerprint density at radius 2 is 1.67 bits per heavy atom. The predicted octanol–water partition coefficient (Wildman–Crippen LogP) is 5.71. The van der Waals surface area contributed by atoms with Gasteiger partial charge in [0.2, 0.25) is 5.91 Å². The molecule has 0 bridgehead atoms. The van der Waals surface area contributed by atoms with E-state index >= 15 is 0 Å². The molecule has 2 fully saturated rings. The number of hydrogen-bond acceptors (Lipinski definition) is 7. The number of methoxy groups -OCH3 is 1. The minimum atomic E-state index is -0.654. The summed E-state index contributed by atoms with van der Waals surface area (Å²) in [5.74, 6) is -0.186. The van der Waals surface area contributed by atoms with Crippen molar-refractivity contribution in [1.82, 2.24) is 14.7 Å². The van der Waals surface area contributed by atoms with Gasteiger partial charge in [0.25, 0.3) is 5.91 Å². The van der Waals surface area contributed by atoms with E-state index in [1.165, 1.54) is 11.8 Å². The van der Waals surface area contributed by atoms with Crippen molar-refractivity contribution in [3.8, 4) is 0 Å². The Bertz CT molecular complexity index is 1460. The zero-order valence-corrected chi connectivity index (χ0v) is 27.1. The average molecular weight is 644 g/mol. The van der Waals surface area contributed by atoms with E-state index in [4.69, 9.17) is 37.7 Å². The predicted molar refractivity (Wildman–Crippen MR) is 170 cm³/mol. The third-order valence-corrected chi connectivity index (χ3v) is 10.4. The molecule has 2 aromatic rings. The Morgan fingerprint density at radius 3 is 2.28 bits per heavy atom. The van der Waals surface area contributed by atoms with Crippen LogP contribution in [0.3, 0.4) is 0 Å². The number of fused-ring (bicyclic) bond motifs is 1. The Labute approximate surface area is 267 Å². The number of nitrogens with zero attached hydrogens (tertiary/aromatic N) is 4. The minimum absolute atomic E-state index is 0.00994. The lowest BCUT2D eigenvalue weighted by Crippen LogP contribution is -2.51. The number of benzene rings is 2. The normalized spacial score (nSPS) is 27.3. The van der Waals surface area contributed by atoms with Gasteiger partial charge in [0.1, 0.15) is 16.5 Å². The zero-order valence-electron chi connectivity index (χ0n) is 24.8. The van der Waals surface area contributed by atoms with Gasteiger partial charge in [-0.15, -0.1) is 0 Å². The average Bonchev–Trinajstić information content (AvgIpc) is 3.68. The molecule has 0 aliphatic carbocycles. The second-order valence-corrected chi connectivity index (χ2v) is 13.7. The first kappa shape index (κ1) is 30.5. The molecule has 4 heterocycles. The van der Waals surface area contributed by atoms with Gasteiger partial charge < -0.3 is 24.2 Å². The van der Waals surface area contributed by atoms with Crippen LogP contribution in [0.15, 0.2) is 64.1 Å². The molecular weight excluding hydrogens is 607 g/mol. The second-order valence-electron chi connectivity index (χ2n) is 11.8. The molecule has 0 aromatic heterocycles. The third kappa shape index (κ3) is 5.48. The number of thioether (sulfide) groups is 1. The molecule has 4 aliphatic heterocycles. The van der Waals surface area contributed by atoms with Gasteiger partial charge in [-0.25, -0.2) is 4.99 Å². The highest BCUT2D eigenvalue weighted by Gasteiger charge is 2.54. The van der Waals surface area contributed by atoms with Crippen LogP contribution in [0, 0.1) is 5.92 Å². The number of hydrogen-bond donors (Lipinski definition) is 0. The summed E-state index contributed by atoms with van der Waals surface area (Å²) in [6.45, 7) is 8.75. The second kappa shape index (κ2) is 12.1. The highest BCUT2D eigenvalue weighted by Crippen LogP contribution is 2.56. The van der Waals surface area contributed by atoms with Gasteiger partial charge >= 0.3 is 0 Å². The summed E-state index contributed by atoms with van der Waals surface area (Å²) >= 11 is 14.0. The van der Waals surface area contributed by atoms with Crippen LogP contribution >= 0.6 is 35.0 Å². The number of carbonyl (C=O) groups excluding carboxylic acids is 2. The smallest absolute Gasteiger partial charge is 0.263 e. The van der Waals surface area contributed by atoms with Crippen molar-refractivity contribution < 1.29 is 19.1 Å². The lowest BCUT2D eigenvalue weighted by atomic mass is 9.81. The minimum Gasteiger partial charge on any atom is -0.380 e. The number of amides is 2. The highest BCUT2D eigenvalue weighted by molar-refractivity contribution is 8.18. The number of halogens is 2. The number of aliphatic imine (C=N–C) groups is 1. The Balaban J connectivity index is 1.40. The first-order valence-corrected chi connectivity index (χ1v) is 16.2. The Hall–Kier alpha value is -2.56. The van der Waals surface area contributed by atoms with Gasteiger partial charge in [-0.1, -0.05) is 61.3 Å². The van der Waals surface area contributed by atoms with Crippen molar-refractivity contribution in [2.75, 3.05) is 40.0 Å². The third-order valence-electron chi connectivity index (χ3n) is 8.83. The maximum Gasteiger partial charge on any atom is 0.263 e. The molecule has 43 heavy (non-hydrogen) atoms. The van der Waals surface area contributed by atoms with Gasteiger partial charge in [0.15, 0.2) is 5.17 Å². The van der Waals surface area contributed by atoms with Crippen LogP contribution in [0.1, 0.15) is 44.4 Å². The van der Waals surface area contributed by atoms with Crippen LogP contribution in [-0.2, 0) is 24.6 Å². The van der Waals surface area contributed by atoms with Crippen molar-refractivity contribution in [2.45, 2.75) is 50.9 Å². The van der Waals surface area contributed by atoms with Gasteiger partial charge in [-0.2, -0.15) is 0 Å². The SMILES string of the molecule is COC1CC(C(=O)N2CCOCC2)N(C(=O)C2=C(C(C)C)N3C(=NC(C)(c4ccc(Cl)cc4)C3c3ccc(Cl)cc3)S2)C1. The molecule has 228 valence electrons. The van der Waals surface area contributed by atoms with Crippen LogP contribution in [-0.4, -0.2) is 83.8 Å². The molecule has 4 atom stereocenters. The first-order chi connectivity index (χ1) is 20.6. The monoisotopic (exact) mass is 642 g/mol. The fourth-order valence-corrected chi connectivity index (χ4v) is 8.23. The van der Waals surface area contributed by atoms with E-state index in [2.05, 4.69) is 25.7 Å². The molecule has 4 unspecified atom stereocenters. The van der Waals surface area contributed by atoms with Gasteiger partial charge in [-0.3, -0.25) is 9.59 Å². The lowest BCUT2D eigenvalue weighted by molar-refractivity contribution is -0.144. The van der Waals surface area contributed by atoms with E-state index in [1.54, 1.807) is 12.0 Å². The number of rotatable bonds is 6. The molecule has 2 aromatic carbocycles. The molecule has 6 rings (SSSR count). The summed E-state index contributed by atoms with van der Waals surface area (Å²) in [5.41, 5.74) is 2.31. The number of amidine groups is 1. The van der Waals surface area contributed by atoms with Crippen molar-refractivity contribution in [1.29, 1.82) is 0 Å². The number of carbonyl (C=O) groups is 2. The standard InChI is InChI=1S/C32H36Cl2N4O4S/c1-19(2)26-27(30(40)37-18-24(41-4)17-25(37)29(39)36-13-15-42-16-14-36)43-31-35-32(3,21-7-11-23(34)12-8-21)28(38(26)31)20-5-9-22(33)10-6-20/h5-12,19,24-25,28H,13-18H2,1-4H3. The summed E-state index contributed by atoms with van der Waals surface area (Å²) in [5, 5.41) is 2.08. The van der Waals surface area contributed by atoms with E-state index < -0.39 is 11.6 Å². The summed E-state index contributed by atoms with van der Waals surface area (Å²) in [6.07, 6.45) is 0.265. The summed E-state index contributed by atoms with van der Waals surface area (Å²) < 4.78 is 11.1. The lowest BCUT2D eigenvalue weighted by Gasteiger charge is -2.37. The molecule has 2 saturated heterocycles. The fraction of sp³-hybridized carbons (Fsp3) is 0.469. The molecule has 0 N–H and O–H groups in total. The molecule has 8 nitrogen and oxygen atoms in total. The molecular formula is C32H36Cl2N4O4S. The number of ether oxygens (including phenoxy) is 2. The highest BCUT2D eigenvalue weighted by atomic mass is 35.5. The number of morpholine rings is 1. The first-order valence-electron chi connectivity index (χ1n) is 14.6. The van der Waals surface area contributed by atoms with Crippen LogP contribution < -0.4 is 0 Å². The summed E-state index contributed by atoms with van der Waals surface area (Å²) in [6, 6.07) is 14.8. The summed E-state index contributed by atoms with van der Waals surface area (Å²) in [7, 11) is 1.64. The van der Waals surface area contributed by atoms with Crippen LogP contribution in [0.4, 0.5) is 0 Å². The number of likely N-dealkylation sites (tertiary alicyclic amines) is 1. The molecule has 4 aliphatic rings. The fourth-order valence-electron chi connectivity index (χ4n) is 6.62. The molecule has 2 amide bonds. The van der Waals surface area contributed by atoms with Crippen LogP contribution in [0.5, 0.6) is 0 Å². The van der Waals surface area contributed by atoms with E-state index in [1.807, 2.05) is 53.4 Å². The molecule has 0 saturated carbocycles. The largest absolute Gasteiger partial charge is 0.380 e. The molecule has 11 heteroatoms. The summed E-state index contributed by atoms with van der Waals surface area (Å²) in [4.78, 5) is 39.8. The maximum atomic E-state index is 14.5. The molecule has 0 radical (unpaired) electrons. The van der Waals surface area contributed by atoms with Gasteiger partial charge in [-0.05, 0) is 60.0 Å². The number of allylic oxidation sites excluding steroid dienone is 1. The van der Waals surface area contributed by atoms with E-state index in [0.29, 0.717) is 54.2 Å². The van der Waals surface area contributed by atoms with Crippen molar-refractivity contribution in [3.05, 3.63) is 80.3 Å². The molecule has 0 spiro atoms. The topological polar surface area (TPSA) is 74.7 Å². The Morgan fingerprint density at radius 1 is 1.05 bits per heavy atom. The Kier molecular flexibility index (Phi) is 8.56.